The summed E-state index contributed by atoms with van der Waals surface area (Å²) in [4.78, 5) is 12.8. The van der Waals surface area contributed by atoms with Crippen LogP contribution in [-0.2, 0) is 0 Å². The monoisotopic (exact) mass is 279 g/mol. The van der Waals surface area contributed by atoms with Crippen LogP contribution in [0.5, 0.6) is 5.75 Å². The lowest BCUT2D eigenvalue weighted by Gasteiger charge is -2.32. The van der Waals surface area contributed by atoms with Crippen molar-refractivity contribution in [3.8, 4) is 5.75 Å². The first kappa shape index (κ1) is 14.6. The van der Waals surface area contributed by atoms with Gasteiger partial charge in [0.15, 0.2) is 5.75 Å². The molecule has 0 unspecified atom stereocenters. The zero-order chi connectivity index (χ0) is 14.5. The van der Waals surface area contributed by atoms with Gasteiger partial charge in [-0.1, -0.05) is 6.92 Å². The molecule has 2 rings (SSSR count). The number of nitrogens with zero attached hydrogens (tertiary/aromatic N) is 2. The van der Waals surface area contributed by atoms with Crippen LogP contribution in [0.3, 0.4) is 0 Å². The summed E-state index contributed by atoms with van der Waals surface area (Å²) in [6.07, 6.45) is 2.18. The highest BCUT2D eigenvalue weighted by molar-refractivity contribution is 5.58. The molecular weight excluding hydrogens is 258 g/mol. The molecule has 0 aromatic heterocycles. The number of rotatable bonds is 5. The molecule has 0 bridgehead atoms. The number of nitrogens with one attached hydrogen (secondary N) is 1. The largest absolute Gasteiger partial charge is 0.490 e. The van der Waals surface area contributed by atoms with Crippen LogP contribution >= 0.6 is 0 Å². The fraction of sp³-hybridized carbons (Fsp3) is 0.571. The van der Waals surface area contributed by atoms with E-state index in [1.807, 2.05) is 0 Å². The maximum Gasteiger partial charge on any atom is 0.311 e. The van der Waals surface area contributed by atoms with Gasteiger partial charge in [-0.05, 0) is 25.5 Å². The Hall–Kier alpha value is -1.82. The van der Waals surface area contributed by atoms with E-state index in [-0.39, 0.29) is 5.69 Å². The fourth-order valence-electron chi connectivity index (χ4n) is 2.55. The lowest BCUT2D eigenvalue weighted by molar-refractivity contribution is -0.385. The molecule has 6 nitrogen and oxygen atoms in total. The van der Waals surface area contributed by atoms with Gasteiger partial charge >= 0.3 is 5.69 Å². The quantitative estimate of drug-likeness (QED) is 0.662. The number of benzene rings is 1. The summed E-state index contributed by atoms with van der Waals surface area (Å²) in [5, 5.41) is 14.3. The van der Waals surface area contributed by atoms with Crippen LogP contribution in [0, 0.1) is 10.1 Å². The summed E-state index contributed by atoms with van der Waals surface area (Å²) in [5.41, 5.74) is 0.876. The minimum absolute atomic E-state index is 0.00106. The zero-order valence-electron chi connectivity index (χ0n) is 12.0. The predicted molar refractivity (Wildman–Crippen MR) is 78.4 cm³/mol. The van der Waals surface area contributed by atoms with Gasteiger partial charge in [0.2, 0.25) is 0 Å². The first-order valence-electron chi connectivity index (χ1n) is 6.95. The molecule has 0 radical (unpaired) electrons. The Kier molecular flexibility index (Phi) is 4.79. The van der Waals surface area contributed by atoms with Gasteiger partial charge in [-0.2, -0.15) is 0 Å². The maximum absolute atomic E-state index is 10.9. The molecule has 1 heterocycles. The van der Waals surface area contributed by atoms with E-state index in [0.29, 0.717) is 11.8 Å². The number of hydrogen-bond acceptors (Lipinski definition) is 5. The van der Waals surface area contributed by atoms with Gasteiger partial charge in [-0.3, -0.25) is 10.1 Å². The van der Waals surface area contributed by atoms with E-state index in [0.717, 1.165) is 38.2 Å². The van der Waals surface area contributed by atoms with E-state index in [9.17, 15) is 10.1 Å². The van der Waals surface area contributed by atoms with Gasteiger partial charge in [-0.15, -0.1) is 0 Å². The molecule has 1 aliphatic heterocycles. The number of nitro groups is 1. The van der Waals surface area contributed by atoms with Crippen molar-refractivity contribution in [1.82, 2.24) is 4.90 Å². The van der Waals surface area contributed by atoms with Gasteiger partial charge in [0.05, 0.1) is 12.0 Å². The van der Waals surface area contributed by atoms with Crippen molar-refractivity contribution in [2.45, 2.75) is 25.8 Å². The molecule has 6 heteroatoms. The van der Waals surface area contributed by atoms with Crippen molar-refractivity contribution < 1.29 is 9.66 Å². The average Bonchev–Trinajstić information content (AvgIpc) is 2.47. The third-order valence-corrected chi connectivity index (χ3v) is 3.78. The Labute approximate surface area is 118 Å². The second kappa shape index (κ2) is 6.56. The third-order valence-electron chi connectivity index (χ3n) is 3.78. The van der Waals surface area contributed by atoms with Crippen LogP contribution in [0.25, 0.3) is 0 Å². The summed E-state index contributed by atoms with van der Waals surface area (Å²) in [6.45, 7) is 5.46. The highest BCUT2D eigenvalue weighted by atomic mass is 16.6. The molecule has 1 N–H and O–H groups in total. The number of methoxy groups -OCH3 is 1. The molecule has 1 aromatic carbocycles. The minimum Gasteiger partial charge on any atom is -0.490 e. The van der Waals surface area contributed by atoms with E-state index in [4.69, 9.17) is 4.74 Å². The SMILES string of the molecule is CCN1CCC(Nc2ccc([N+](=O)[O-])c(OC)c2)CC1. The van der Waals surface area contributed by atoms with Gasteiger partial charge in [-0.25, -0.2) is 0 Å². The molecule has 0 saturated carbocycles. The number of anilines is 1. The molecule has 1 saturated heterocycles. The number of likely N-dealkylation sites (tertiary alicyclic amines) is 1. The van der Waals surface area contributed by atoms with E-state index >= 15 is 0 Å². The van der Waals surface area contributed by atoms with Crippen molar-refractivity contribution in [2.24, 2.45) is 0 Å². The lowest BCUT2D eigenvalue weighted by atomic mass is 10.0. The summed E-state index contributed by atoms with van der Waals surface area (Å²) < 4.78 is 5.08. The molecule has 0 spiro atoms. The number of nitro benzene ring substituents is 1. The molecule has 1 fully saturated rings. The molecular formula is C14H21N3O3. The summed E-state index contributed by atoms with van der Waals surface area (Å²) >= 11 is 0. The number of hydrogen-bond donors (Lipinski definition) is 1. The summed E-state index contributed by atoms with van der Waals surface area (Å²) in [5.74, 6) is 0.297. The van der Waals surface area contributed by atoms with Crippen molar-refractivity contribution >= 4 is 11.4 Å². The van der Waals surface area contributed by atoms with Crippen LogP contribution < -0.4 is 10.1 Å². The van der Waals surface area contributed by atoms with Crippen LogP contribution in [-0.4, -0.2) is 42.6 Å². The first-order chi connectivity index (χ1) is 9.63. The molecule has 0 atom stereocenters. The van der Waals surface area contributed by atoms with Gasteiger partial charge in [0, 0.05) is 37.0 Å². The second-order valence-corrected chi connectivity index (χ2v) is 5.00. The van der Waals surface area contributed by atoms with E-state index in [2.05, 4.69) is 17.1 Å². The minimum atomic E-state index is -0.428. The highest BCUT2D eigenvalue weighted by Gasteiger charge is 2.19. The zero-order valence-corrected chi connectivity index (χ0v) is 12.0. The Balaban J connectivity index is 2.01. The van der Waals surface area contributed by atoms with E-state index < -0.39 is 4.92 Å². The van der Waals surface area contributed by atoms with Crippen LogP contribution in [0.1, 0.15) is 19.8 Å². The predicted octanol–water partition coefficient (Wildman–Crippen LogP) is 2.50. The van der Waals surface area contributed by atoms with Crippen LogP contribution in [0.2, 0.25) is 0 Å². The Bertz CT molecular complexity index is 471. The second-order valence-electron chi connectivity index (χ2n) is 5.00. The molecule has 1 aromatic rings. The fourth-order valence-corrected chi connectivity index (χ4v) is 2.55. The summed E-state index contributed by atoms with van der Waals surface area (Å²) in [7, 11) is 1.45. The lowest BCUT2D eigenvalue weighted by Crippen LogP contribution is -2.38. The summed E-state index contributed by atoms with van der Waals surface area (Å²) in [6, 6.07) is 5.35. The number of piperidine rings is 1. The number of ether oxygens (including phenoxy) is 1. The Morgan fingerprint density at radius 3 is 2.70 bits per heavy atom. The topological polar surface area (TPSA) is 67.6 Å². The third kappa shape index (κ3) is 3.39. The van der Waals surface area contributed by atoms with Crippen molar-refractivity contribution in [2.75, 3.05) is 32.1 Å². The maximum atomic E-state index is 10.9. The molecule has 0 aliphatic carbocycles. The van der Waals surface area contributed by atoms with Crippen molar-refractivity contribution in [3.63, 3.8) is 0 Å². The smallest absolute Gasteiger partial charge is 0.311 e. The molecule has 1 aliphatic rings. The Morgan fingerprint density at radius 2 is 2.15 bits per heavy atom. The molecule has 110 valence electrons. The average molecular weight is 279 g/mol. The van der Waals surface area contributed by atoms with E-state index in [1.54, 1.807) is 12.1 Å². The normalized spacial score (nSPS) is 16.9. The molecule has 20 heavy (non-hydrogen) atoms. The Morgan fingerprint density at radius 1 is 1.45 bits per heavy atom. The van der Waals surface area contributed by atoms with Gasteiger partial charge in [0.25, 0.3) is 0 Å². The van der Waals surface area contributed by atoms with Crippen LogP contribution in [0.4, 0.5) is 11.4 Å². The van der Waals surface area contributed by atoms with Gasteiger partial charge < -0.3 is 15.0 Å². The molecule has 0 amide bonds. The van der Waals surface area contributed by atoms with E-state index in [1.165, 1.54) is 13.2 Å². The highest BCUT2D eigenvalue weighted by Crippen LogP contribution is 2.30. The van der Waals surface area contributed by atoms with Crippen molar-refractivity contribution in [3.05, 3.63) is 28.3 Å². The first-order valence-corrected chi connectivity index (χ1v) is 6.95. The standard InChI is InChI=1S/C14H21N3O3/c1-3-16-8-6-11(7-9-16)15-12-4-5-13(17(18)19)14(10-12)20-2/h4-5,10-11,15H,3,6-9H2,1-2H3. The van der Waals surface area contributed by atoms with Gasteiger partial charge in [0.1, 0.15) is 0 Å². The van der Waals surface area contributed by atoms with Crippen molar-refractivity contribution in [1.29, 1.82) is 0 Å². The van der Waals surface area contributed by atoms with Crippen LogP contribution in [0.15, 0.2) is 18.2 Å².